The lowest BCUT2D eigenvalue weighted by Crippen LogP contribution is -2.27. The van der Waals surface area contributed by atoms with Crippen LogP contribution in [0.2, 0.25) is 0 Å². The molecule has 33 heavy (non-hydrogen) atoms. The Morgan fingerprint density at radius 3 is 1.82 bits per heavy atom. The fourth-order valence-corrected chi connectivity index (χ4v) is 5.31. The number of alkyl halides is 2. The van der Waals surface area contributed by atoms with E-state index in [2.05, 4.69) is 4.74 Å². The highest BCUT2D eigenvalue weighted by molar-refractivity contribution is 5.31. The molecule has 0 saturated heterocycles. The Kier molecular flexibility index (Phi) is 6.93. The highest BCUT2D eigenvalue weighted by Crippen LogP contribution is 2.44. The molecule has 0 radical (unpaired) electrons. The molecule has 2 saturated carbocycles. The summed E-state index contributed by atoms with van der Waals surface area (Å²) in [7, 11) is 0. The molecular weight excluding hydrogens is 446 g/mol. The lowest BCUT2D eigenvalue weighted by atomic mass is 9.69. The molecule has 2 aromatic carbocycles. The minimum Gasteiger partial charge on any atom is -0.429 e. The number of ether oxygens (including phenoxy) is 1. The number of aliphatic hydroxyl groups excluding tert-OH is 1. The van der Waals surface area contributed by atoms with E-state index in [1.165, 1.54) is 6.07 Å². The van der Waals surface area contributed by atoms with Gasteiger partial charge < -0.3 is 9.84 Å². The molecule has 2 nitrogen and oxygen atoms in total. The SMILES string of the molecule is OC1CCC(C2CCC(c3ccc(C(F)(F)Oc4cc(F)c(F)c(F)c4)c(F)c3)CC2)CC1. The molecule has 2 aliphatic carbocycles. The molecule has 1 N–H and O–H groups in total. The van der Waals surface area contributed by atoms with Gasteiger partial charge in [0.2, 0.25) is 0 Å². The maximum absolute atomic E-state index is 14.6. The normalized spacial score (nSPS) is 26.3. The van der Waals surface area contributed by atoms with Crippen molar-refractivity contribution in [3.8, 4) is 5.75 Å². The molecule has 2 aliphatic rings. The second-order valence-electron chi connectivity index (χ2n) is 9.24. The van der Waals surface area contributed by atoms with Crippen molar-refractivity contribution >= 4 is 0 Å². The van der Waals surface area contributed by atoms with E-state index in [0.29, 0.717) is 17.4 Å². The summed E-state index contributed by atoms with van der Waals surface area (Å²) < 4.78 is 87.6. The smallest absolute Gasteiger partial charge is 0.429 e. The minimum atomic E-state index is -4.21. The lowest BCUT2D eigenvalue weighted by Gasteiger charge is -2.37. The van der Waals surface area contributed by atoms with Crippen LogP contribution >= 0.6 is 0 Å². The minimum absolute atomic E-state index is 0.0637. The van der Waals surface area contributed by atoms with Crippen LogP contribution in [0.25, 0.3) is 0 Å². The summed E-state index contributed by atoms with van der Waals surface area (Å²) in [6.45, 7) is 0. The first-order chi connectivity index (χ1) is 15.6. The monoisotopic (exact) mass is 472 g/mol. The molecule has 0 aliphatic heterocycles. The molecule has 180 valence electrons. The van der Waals surface area contributed by atoms with Crippen molar-refractivity contribution in [3.05, 3.63) is 64.7 Å². The molecule has 0 atom stereocenters. The number of aliphatic hydroxyl groups is 1. The zero-order chi connectivity index (χ0) is 23.8. The zero-order valence-corrected chi connectivity index (χ0v) is 18.0. The average molecular weight is 472 g/mol. The largest absolute Gasteiger partial charge is 0.429 e. The lowest BCUT2D eigenvalue weighted by molar-refractivity contribution is -0.187. The van der Waals surface area contributed by atoms with E-state index < -0.39 is 40.7 Å². The third kappa shape index (κ3) is 5.31. The van der Waals surface area contributed by atoms with Crippen LogP contribution in [-0.4, -0.2) is 11.2 Å². The van der Waals surface area contributed by atoms with E-state index in [9.17, 15) is 31.4 Å². The summed E-state index contributed by atoms with van der Waals surface area (Å²) in [6, 6.07) is 3.99. The van der Waals surface area contributed by atoms with Crippen molar-refractivity contribution < 1.29 is 36.2 Å². The molecule has 2 aromatic rings. The van der Waals surface area contributed by atoms with Gasteiger partial charge in [0.1, 0.15) is 11.6 Å². The van der Waals surface area contributed by atoms with E-state index in [1.807, 2.05) is 0 Å². The highest BCUT2D eigenvalue weighted by Gasteiger charge is 2.39. The first-order valence-corrected chi connectivity index (χ1v) is 11.3. The maximum atomic E-state index is 14.6. The third-order valence-electron chi connectivity index (χ3n) is 7.16. The number of benzene rings is 2. The van der Waals surface area contributed by atoms with Gasteiger partial charge in [-0.2, -0.15) is 8.78 Å². The Hall–Kier alpha value is -2.22. The van der Waals surface area contributed by atoms with Crippen LogP contribution in [0.1, 0.15) is 68.4 Å². The predicted octanol–water partition coefficient (Wildman–Crippen LogP) is 7.20. The molecule has 4 rings (SSSR count). The number of hydrogen-bond donors (Lipinski definition) is 1. The van der Waals surface area contributed by atoms with Gasteiger partial charge in [0.05, 0.1) is 11.7 Å². The predicted molar refractivity (Wildman–Crippen MR) is 110 cm³/mol. The summed E-state index contributed by atoms with van der Waals surface area (Å²) >= 11 is 0. The van der Waals surface area contributed by atoms with Crippen LogP contribution in [0.5, 0.6) is 5.75 Å². The quantitative estimate of drug-likeness (QED) is 0.369. The number of rotatable bonds is 5. The van der Waals surface area contributed by atoms with Gasteiger partial charge in [-0.25, -0.2) is 17.6 Å². The Morgan fingerprint density at radius 2 is 1.27 bits per heavy atom. The van der Waals surface area contributed by atoms with Gasteiger partial charge in [0, 0.05) is 12.1 Å². The average Bonchev–Trinajstić information content (AvgIpc) is 2.77. The molecule has 0 spiro atoms. The summed E-state index contributed by atoms with van der Waals surface area (Å²) in [5.41, 5.74) is -0.436. The molecule has 0 unspecified atom stereocenters. The van der Waals surface area contributed by atoms with Crippen LogP contribution < -0.4 is 4.74 Å². The first kappa shape index (κ1) is 23.9. The van der Waals surface area contributed by atoms with Crippen LogP contribution in [-0.2, 0) is 6.11 Å². The van der Waals surface area contributed by atoms with E-state index in [-0.39, 0.29) is 24.2 Å². The van der Waals surface area contributed by atoms with Crippen LogP contribution in [0.4, 0.5) is 26.3 Å². The summed E-state index contributed by atoms with van der Waals surface area (Å²) in [5.74, 6) is -6.06. The van der Waals surface area contributed by atoms with Crippen molar-refractivity contribution in [2.45, 2.75) is 69.5 Å². The maximum Gasteiger partial charge on any atom is 0.429 e. The Balaban J connectivity index is 1.41. The van der Waals surface area contributed by atoms with Gasteiger partial charge in [0.15, 0.2) is 17.5 Å². The van der Waals surface area contributed by atoms with Crippen molar-refractivity contribution in [1.29, 1.82) is 0 Å². The standard InChI is InChI=1S/C25H26F6O2/c26-21-11-17(16-3-1-14(2-4-16)15-5-8-18(32)9-6-15)7-10-20(21)25(30,31)33-19-12-22(27)24(29)23(28)13-19/h7,10-16,18,32H,1-6,8-9H2. The Bertz CT molecular complexity index is 956. The van der Waals surface area contributed by atoms with E-state index in [4.69, 9.17) is 0 Å². The van der Waals surface area contributed by atoms with Crippen molar-refractivity contribution in [2.24, 2.45) is 11.8 Å². The number of halogens is 6. The zero-order valence-electron chi connectivity index (χ0n) is 18.0. The molecule has 0 heterocycles. The van der Waals surface area contributed by atoms with Gasteiger partial charge in [-0.15, -0.1) is 0 Å². The van der Waals surface area contributed by atoms with E-state index in [1.54, 1.807) is 0 Å². The Labute approximate surface area is 188 Å². The van der Waals surface area contributed by atoms with Crippen molar-refractivity contribution in [1.82, 2.24) is 0 Å². The molecule has 2 fully saturated rings. The van der Waals surface area contributed by atoms with E-state index >= 15 is 0 Å². The molecule has 8 heteroatoms. The summed E-state index contributed by atoms with van der Waals surface area (Å²) in [6.07, 6.45) is 2.96. The fraction of sp³-hybridized carbons (Fsp3) is 0.520. The molecule has 0 aromatic heterocycles. The highest BCUT2D eigenvalue weighted by atomic mass is 19.3. The third-order valence-corrected chi connectivity index (χ3v) is 7.16. The van der Waals surface area contributed by atoms with Gasteiger partial charge >= 0.3 is 6.11 Å². The second kappa shape index (κ2) is 9.57. The second-order valence-corrected chi connectivity index (χ2v) is 9.24. The molecular formula is C25H26F6O2. The van der Waals surface area contributed by atoms with Crippen molar-refractivity contribution in [2.75, 3.05) is 0 Å². The summed E-state index contributed by atoms with van der Waals surface area (Å²) in [4.78, 5) is 0. The van der Waals surface area contributed by atoms with Gasteiger partial charge in [-0.05, 0) is 86.8 Å². The van der Waals surface area contributed by atoms with E-state index in [0.717, 1.165) is 63.5 Å². The van der Waals surface area contributed by atoms with Crippen LogP contribution in [0, 0.1) is 35.1 Å². The first-order valence-electron chi connectivity index (χ1n) is 11.3. The molecule has 0 bridgehead atoms. The van der Waals surface area contributed by atoms with Crippen molar-refractivity contribution in [3.63, 3.8) is 0 Å². The summed E-state index contributed by atoms with van der Waals surface area (Å²) in [5, 5.41) is 9.69. The molecule has 0 amide bonds. The fourth-order valence-electron chi connectivity index (χ4n) is 5.31. The van der Waals surface area contributed by atoms with Crippen LogP contribution in [0.15, 0.2) is 30.3 Å². The number of hydrogen-bond acceptors (Lipinski definition) is 2. The van der Waals surface area contributed by atoms with Gasteiger partial charge in [-0.1, -0.05) is 6.07 Å². The Morgan fingerprint density at radius 1 is 0.727 bits per heavy atom. The van der Waals surface area contributed by atoms with Gasteiger partial charge in [-0.3, -0.25) is 0 Å². The van der Waals surface area contributed by atoms with Crippen LogP contribution in [0.3, 0.4) is 0 Å². The topological polar surface area (TPSA) is 29.5 Å². The van der Waals surface area contributed by atoms with Gasteiger partial charge in [0.25, 0.3) is 0 Å².